The van der Waals surface area contributed by atoms with Crippen LogP contribution in [-0.4, -0.2) is 58.8 Å². The van der Waals surface area contributed by atoms with Gasteiger partial charge in [0.25, 0.3) is 5.91 Å². The second-order valence-corrected chi connectivity index (χ2v) is 10.3. The largest absolute Gasteiger partial charge is 0.369 e. The number of carbonyl (C=O) groups is 1. The highest BCUT2D eigenvalue weighted by atomic mass is 32.1. The molecular weight excluding hydrogens is 416 g/mol. The zero-order chi connectivity index (χ0) is 22.2. The highest BCUT2D eigenvalue weighted by molar-refractivity contribution is 7.18. The highest BCUT2D eigenvalue weighted by Crippen LogP contribution is 2.34. The molecule has 1 unspecified atom stereocenters. The molecule has 166 valence electrons. The third kappa shape index (κ3) is 4.17. The summed E-state index contributed by atoms with van der Waals surface area (Å²) >= 11 is 1.70. The van der Waals surface area contributed by atoms with E-state index in [1.165, 1.54) is 4.70 Å². The number of nitrogens with zero attached hydrogens (tertiary/aromatic N) is 4. The van der Waals surface area contributed by atoms with Gasteiger partial charge < -0.3 is 9.80 Å². The van der Waals surface area contributed by atoms with Gasteiger partial charge in [0, 0.05) is 37.6 Å². The molecule has 0 saturated carbocycles. The summed E-state index contributed by atoms with van der Waals surface area (Å²) in [5, 5.41) is 1.07. The number of aryl methyl sites for hydroxylation is 1. The Morgan fingerprint density at radius 2 is 1.94 bits per heavy atom. The van der Waals surface area contributed by atoms with Crippen molar-refractivity contribution in [1.82, 2.24) is 19.7 Å². The normalized spacial score (nSPS) is 22.7. The van der Waals surface area contributed by atoms with E-state index >= 15 is 0 Å². The van der Waals surface area contributed by atoms with E-state index in [0.717, 1.165) is 72.1 Å². The van der Waals surface area contributed by atoms with E-state index in [4.69, 9.17) is 0 Å². The predicted molar refractivity (Wildman–Crippen MR) is 132 cm³/mol. The zero-order valence-corrected chi connectivity index (χ0v) is 19.9. The first-order valence-corrected chi connectivity index (χ1v) is 12.3. The molecule has 1 aromatic carbocycles. The first-order chi connectivity index (χ1) is 15.5. The predicted octanol–water partition coefficient (Wildman–Crippen LogP) is 4.79. The number of thiazole rings is 1. The molecule has 0 radical (unpaired) electrons. The molecule has 5 nitrogen and oxygen atoms in total. The van der Waals surface area contributed by atoms with E-state index in [1.807, 2.05) is 24.1 Å². The number of fused-ring (bicyclic) bond motifs is 2. The standard InChI is InChI=1S/C26H30N4OS/c1-18-5-7-21-8-9-22(29-12-4-11-28(3)13-14-29)17-30(21)26(31)16-23(18)20-6-10-24-25(15-20)32-19(2)27-24/h6-10,15-18H,4-5,11-14H2,1-3H3. The minimum atomic E-state index is 0.0205. The Morgan fingerprint density at radius 3 is 2.81 bits per heavy atom. The third-order valence-corrected chi connectivity index (χ3v) is 7.54. The van der Waals surface area contributed by atoms with Crippen LogP contribution in [0.4, 0.5) is 0 Å². The van der Waals surface area contributed by atoms with Gasteiger partial charge in [-0.3, -0.25) is 9.69 Å². The van der Waals surface area contributed by atoms with E-state index < -0.39 is 0 Å². The van der Waals surface area contributed by atoms with Crippen molar-refractivity contribution in [2.75, 3.05) is 33.2 Å². The van der Waals surface area contributed by atoms with Gasteiger partial charge in [0.1, 0.15) is 0 Å². The van der Waals surface area contributed by atoms with Gasteiger partial charge in [0.2, 0.25) is 0 Å². The zero-order valence-electron chi connectivity index (χ0n) is 19.0. The molecular formula is C26H30N4OS. The van der Waals surface area contributed by atoms with Crippen LogP contribution in [0, 0.1) is 12.8 Å². The molecule has 2 aromatic rings. The average molecular weight is 447 g/mol. The molecule has 3 aliphatic heterocycles. The van der Waals surface area contributed by atoms with Crippen LogP contribution in [0.5, 0.6) is 0 Å². The second-order valence-electron chi connectivity index (χ2n) is 9.02. The summed E-state index contributed by atoms with van der Waals surface area (Å²) in [4.78, 5) is 24.6. The van der Waals surface area contributed by atoms with Crippen LogP contribution in [-0.2, 0) is 4.79 Å². The smallest absolute Gasteiger partial charge is 0.255 e. The summed E-state index contributed by atoms with van der Waals surface area (Å²) in [7, 11) is 2.18. The van der Waals surface area contributed by atoms with Crippen LogP contribution < -0.4 is 0 Å². The lowest BCUT2D eigenvalue weighted by Crippen LogP contribution is -2.33. The Kier molecular flexibility index (Phi) is 5.74. The van der Waals surface area contributed by atoms with Crippen molar-refractivity contribution < 1.29 is 4.79 Å². The lowest BCUT2D eigenvalue weighted by atomic mass is 9.89. The molecule has 3 aliphatic rings. The minimum Gasteiger partial charge on any atom is -0.369 e. The SMILES string of the molecule is Cc1nc2ccc(C3=CC(=O)N4C=C(N5CCCN(C)CC5)C=CC4=CCC3C)cc2s1. The summed E-state index contributed by atoms with van der Waals surface area (Å²) in [6.45, 7) is 8.41. The van der Waals surface area contributed by atoms with Crippen molar-refractivity contribution in [3.8, 4) is 0 Å². The quantitative estimate of drug-likeness (QED) is 0.665. The summed E-state index contributed by atoms with van der Waals surface area (Å²) in [6.07, 6.45) is 12.4. The van der Waals surface area contributed by atoms with E-state index in [-0.39, 0.29) is 11.8 Å². The summed E-state index contributed by atoms with van der Waals surface area (Å²) in [5.41, 5.74) is 5.34. The first kappa shape index (κ1) is 21.2. The lowest BCUT2D eigenvalue weighted by molar-refractivity contribution is -0.122. The van der Waals surface area contributed by atoms with Crippen molar-refractivity contribution in [2.24, 2.45) is 5.92 Å². The molecule has 0 N–H and O–H groups in total. The molecule has 0 aliphatic carbocycles. The van der Waals surface area contributed by atoms with Crippen LogP contribution in [0.2, 0.25) is 0 Å². The van der Waals surface area contributed by atoms with Crippen molar-refractivity contribution >= 4 is 33.0 Å². The monoisotopic (exact) mass is 446 g/mol. The molecule has 1 aromatic heterocycles. The molecule has 0 spiro atoms. The highest BCUT2D eigenvalue weighted by Gasteiger charge is 2.24. The van der Waals surface area contributed by atoms with Crippen LogP contribution in [0.25, 0.3) is 15.8 Å². The van der Waals surface area contributed by atoms with Gasteiger partial charge in [-0.25, -0.2) is 4.98 Å². The first-order valence-electron chi connectivity index (χ1n) is 11.4. The van der Waals surface area contributed by atoms with Crippen LogP contribution in [0.1, 0.15) is 30.3 Å². The second kappa shape index (κ2) is 8.68. The molecule has 32 heavy (non-hydrogen) atoms. The Morgan fingerprint density at radius 1 is 1.09 bits per heavy atom. The van der Waals surface area contributed by atoms with Gasteiger partial charge in [-0.15, -0.1) is 11.3 Å². The van der Waals surface area contributed by atoms with E-state index in [2.05, 4.69) is 65.2 Å². The maximum atomic E-state index is 13.4. The number of rotatable bonds is 2. The molecule has 1 amide bonds. The summed E-state index contributed by atoms with van der Waals surface area (Å²) < 4.78 is 1.17. The Hall–Kier alpha value is -2.70. The van der Waals surface area contributed by atoms with Gasteiger partial charge in [-0.1, -0.05) is 19.1 Å². The third-order valence-electron chi connectivity index (χ3n) is 6.61. The lowest BCUT2D eigenvalue weighted by Gasteiger charge is -2.31. The Balaban J connectivity index is 1.46. The van der Waals surface area contributed by atoms with Crippen molar-refractivity contribution in [2.45, 2.75) is 26.7 Å². The van der Waals surface area contributed by atoms with Crippen LogP contribution in [0.15, 0.2) is 60.1 Å². The van der Waals surface area contributed by atoms with Crippen molar-refractivity contribution in [1.29, 1.82) is 0 Å². The van der Waals surface area contributed by atoms with Gasteiger partial charge in [0.05, 0.1) is 20.9 Å². The van der Waals surface area contributed by atoms with E-state index in [1.54, 1.807) is 11.3 Å². The number of allylic oxidation sites excluding steroid dienone is 4. The van der Waals surface area contributed by atoms with Gasteiger partial charge in [-0.05, 0) is 74.7 Å². The molecule has 6 heteroatoms. The van der Waals surface area contributed by atoms with Crippen molar-refractivity contribution in [3.63, 3.8) is 0 Å². The summed E-state index contributed by atoms with van der Waals surface area (Å²) in [6, 6.07) is 6.37. The fraction of sp³-hybridized carbons (Fsp3) is 0.385. The molecule has 1 atom stereocenters. The number of benzene rings is 1. The Labute approximate surface area is 194 Å². The van der Waals surface area contributed by atoms with Gasteiger partial charge in [0.15, 0.2) is 0 Å². The maximum absolute atomic E-state index is 13.4. The number of hydrogen-bond acceptors (Lipinski definition) is 5. The maximum Gasteiger partial charge on any atom is 0.255 e. The fourth-order valence-electron chi connectivity index (χ4n) is 4.71. The minimum absolute atomic E-state index is 0.0205. The van der Waals surface area contributed by atoms with Crippen LogP contribution in [0.3, 0.4) is 0 Å². The fourth-order valence-corrected chi connectivity index (χ4v) is 5.57. The number of likely N-dealkylation sites (N-methyl/N-ethyl adjacent to an activating group) is 1. The number of aromatic nitrogens is 1. The molecule has 0 bridgehead atoms. The topological polar surface area (TPSA) is 39.7 Å². The number of amides is 1. The molecule has 1 saturated heterocycles. The van der Waals surface area contributed by atoms with Crippen molar-refractivity contribution in [3.05, 3.63) is 70.7 Å². The van der Waals surface area contributed by atoms with Gasteiger partial charge >= 0.3 is 0 Å². The Bertz CT molecular complexity index is 1170. The van der Waals surface area contributed by atoms with Crippen LogP contribution >= 0.6 is 11.3 Å². The average Bonchev–Trinajstić information content (AvgIpc) is 3.02. The number of carbonyl (C=O) groups excluding carboxylic acids is 1. The molecule has 5 rings (SSSR count). The summed E-state index contributed by atoms with van der Waals surface area (Å²) in [5.74, 6) is 0.284. The molecule has 1 fully saturated rings. The number of hydrogen-bond donors (Lipinski definition) is 0. The van der Waals surface area contributed by atoms with E-state index in [9.17, 15) is 4.79 Å². The van der Waals surface area contributed by atoms with E-state index in [0.29, 0.717) is 0 Å². The molecule has 4 heterocycles. The van der Waals surface area contributed by atoms with Gasteiger partial charge in [-0.2, -0.15) is 0 Å².